The molecule has 10 heteroatoms. The SMILES string of the molecule is Cl.Cl.O=C(CCN1CCN(c2ccccn2)CC1)Nc1ccc([N+](=O)[O-])cc1. The van der Waals surface area contributed by atoms with Gasteiger partial charge in [-0.25, -0.2) is 4.98 Å². The zero-order chi connectivity index (χ0) is 18.4. The van der Waals surface area contributed by atoms with Crippen molar-refractivity contribution in [2.45, 2.75) is 6.42 Å². The van der Waals surface area contributed by atoms with Crippen LogP contribution in [0.5, 0.6) is 0 Å². The third-order valence-corrected chi connectivity index (χ3v) is 4.36. The molecular weight excluding hydrogens is 405 g/mol. The van der Waals surface area contributed by atoms with Gasteiger partial charge in [-0.2, -0.15) is 0 Å². The number of anilines is 2. The number of hydrogen-bond acceptors (Lipinski definition) is 6. The average molecular weight is 428 g/mol. The van der Waals surface area contributed by atoms with Crippen molar-refractivity contribution >= 4 is 47.9 Å². The molecule has 1 aromatic heterocycles. The highest BCUT2D eigenvalue weighted by Gasteiger charge is 2.18. The Morgan fingerprint density at radius 2 is 1.75 bits per heavy atom. The Hall–Kier alpha value is -2.42. The van der Waals surface area contributed by atoms with Crippen LogP contribution in [-0.4, -0.2) is 53.4 Å². The molecule has 1 aromatic carbocycles. The van der Waals surface area contributed by atoms with Crippen molar-refractivity contribution in [1.82, 2.24) is 9.88 Å². The number of rotatable bonds is 6. The first kappa shape index (κ1) is 23.6. The van der Waals surface area contributed by atoms with E-state index in [1.54, 1.807) is 18.3 Å². The lowest BCUT2D eigenvalue weighted by molar-refractivity contribution is -0.384. The second-order valence-corrected chi connectivity index (χ2v) is 6.12. The van der Waals surface area contributed by atoms with Crippen LogP contribution in [0, 0.1) is 10.1 Å². The van der Waals surface area contributed by atoms with Gasteiger partial charge in [-0.05, 0) is 24.3 Å². The molecule has 8 nitrogen and oxygen atoms in total. The van der Waals surface area contributed by atoms with Crippen LogP contribution in [0.25, 0.3) is 0 Å². The molecule has 0 aliphatic carbocycles. The summed E-state index contributed by atoms with van der Waals surface area (Å²) in [6.07, 6.45) is 2.19. The minimum atomic E-state index is -0.462. The Morgan fingerprint density at radius 1 is 1.07 bits per heavy atom. The van der Waals surface area contributed by atoms with Gasteiger partial charge < -0.3 is 10.2 Å². The van der Waals surface area contributed by atoms with E-state index in [1.807, 2.05) is 18.2 Å². The highest BCUT2D eigenvalue weighted by Crippen LogP contribution is 2.16. The van der Waals surface area contributed by atoms with Gasteiger partial charge in [0.15, 0.2) is 0 Å². The summed E-state index contributed by atoms with van der Waals surface area (Å²) < 4.78 is 0. The first-order valence-electron chi connectivity index (χ1n) is 8.54. The maximum Gasteiger partial charge on any atom is 0.269 e. The fraction of sp³-hybridized carbons (Fsp3) is 0.333. The van der Waals surface area contributed by atoms with E-state index in [9.17, 15) is 14.9 Å². The first-order valence-corrected chi connectivity index (χ1v) is 8.54. The lowest BCUT2D eigenvalue weighted by atomic mass is 10.2. The summed E-state index contributed by atoms with van der Waals surface area (Å²) in [5.74, 6) is 0.897. The molecule has 28 heavy (non-hydrogen) atoms. The maximum atomic E-state index is 12.1. The Balaban J connectivity index is 0.00000196. The van der Waals surface area contributed by atoms with Crippen LogP contribution in [0.2, 0.25) is 0 Å². The second kappa shape index (κ2) is 11.4. The van der Waals surface area contributed by atoms with Crippen LogP contribution < -0.4 is 10.2 Å². The van der Waals surface area contributed by atoms with Gasteiger partial charge in [-0.1, -0.05) is 6.07 Å². The molecule has 152 valence electrons. The van der Waals surface area contributed by atoms with Crippen molar-refractivity contribution < 1.29 is 9.72 Å². The van der Waals surface area contributed by atoms with Crippen LogP contribution >= 0.6 is 24.8 Å². The zero-order valence-corrected chi connectivity index (χ0v) is 16.8. The lowest BCUT2D eigenvalue weighted by Gasteiger charge is -2.35. The summed E-state index contributed by atoms with van der Waals surface area (Å²) in [6.45, 7) is 4.25. The number of nitrogens with one attached hydrogen (secondary N) is 1. The van der Waals surface area contributed by atoms with E-state index in [1.165, 1.54) is 12.1 Å². The number of carbonyl (C=O) groups is 1. The Morgan fingerprint density at radius 3 is 2.32 bits per heavy atom. The van der Waals surface area contributed by atoms with Crippen LogP contribution in [0.15, 0.2) is 48.7 Å². The summed E-state index contributed by atoms with van der Waals surface area (Å²) >= 11 is 0. The van der Waals surface area contributed by atoms with Crippen LogP contribution in [-0.2, 0) is 4.79 Å². The smallest absolute Gasteiger partial charge is 0.269 e. The highest BCUT2D eigenvalue weighted by atomic mass is 35.5. The standard InChI is InChI=1S/C18H21N5O3.2ClH/c24-18(20-15-4-6-16(7-5-15)23(25)26)8-10-21-11-13-22(14-12-21)17-3-1-2-9-19-17;;/h1-7,9H,8,10-14H2,(H,20,24);2*1H. The quantitative estimate of drug-likeness (QED) is 0.562. The minimum Gasteiger partial charge on any atom is -0.354 e. The topological polar surface area (TPSA) is 91.6 Å². The molecule has 1 amide bonds. The predicted octanol–water partition coefficient (Wildman–Crippen LogP) is 2.98. The van der Waals surface area contributed by atoms with E-state index in [-0.39, 0.29) is 36.4 Å². The molecule has 1 fully saturated rings. The Bertz CT molecular complexity index is 754. The molecule has 2 heterocycles. The zero-order valence-electron chi connectivity index (χ0n) is 15.2. The maximum absolute atomic E-state index is 12.1. The van der Waals surface area contributed by atoms with Crippen LogP contribution in [0.4, 0.5) is 17.2 Å². The molecule has 1 aliphatic rings. The predicted molar refractivity (Wildman–Crippen MR) is 114 cm³/mol. The number of nitrogens with zero attached hydrogens (tertiary/aromatic N) is 4. The third-order valence-electron chi connectivity index (χ3n) is 4.36. The fourth-order valence-corrected chi connectivity index (χ4v) is 2.89. The van der Waals surface area contributed by atoms with Crippen molar-refractivity contribution in [3.05, 3.63) is 58.8 Å². The van der Waals surface area contributed by atoms with Crippen LogP contribution in [0.1, 0.15) is 6.42 Å². The lowest BCUT2D eigenvalue weighted by Crippen LogP contribution is -2.47. The molecule has 1 aliphatic heterocycles. The average Bonchev–Trinajstić information content (AvgIpc) is 2.68. The third kappa shape index (κ3) is 6.63. The monoisotopic (exact) mass is 427 g/mol. The summed E-state index contributed by atoms with van der Waals surface area (Å²) in [5.41, 5.74) is 0.578. The van der Waals surface area contributed by atoms with Gasteiger partial charge in [0.2, 0.25) is 5.91 Å². The summed E-state index contributed by atoms with van der Waals surface area (Å²) in [4.78, 5) is 31.1. The van der Waals surface area contributed by atoms with Crippen molar-refractivity contribution in [2.24, 2.45) is 0 Å². The van der Waals surface area contributed by atoms with Crippen molar-refractivity contribution in [3.63, 3.8) is 0 Å². The summed E-state index contributed by atoms with van der Waals surface area (Å²) in [6, 6.07) is 11.7. The molecule has 0 spiro atoms. The molecule has 0 atom stereocenters. The molecule has 0 unspecified atom stereocenters. The van der Waals surface area contributed by atoms with Gasteiger partial charge in [0.1, 0.15) is 5.82 Å². The number of halogens is 2. The van der Waals surface area contributed by atoms with Gasteiger partial charge in [0.05, 0.1) is 4.92 Å². The molecule has 0 bridgehead atoms. The van der Waals surface area contributed by atoms with Crippen LogP contribution in [0.3, 0.4) is 0 Å². The number of carbonyl (C=O) groups excluding carboxylic acids is 1. The number of pyridine rings is 1. The second-order valence-electron chi connectivity index (χ2n) is 6.12. The number of piperazine rings is 1. The van der Waals surface area contributed by atoms with Crippen molar-refractivity contribution in [2.75, 3.05) is 42.9 Å². The molecule has 0 radical (unpaired) electrons. The van der Waals surface area contributed by atoms with E-state index < -0.39 is 4.92 Å². The van der Waals surface area contributed by atoms with Gasteiger partial charge in [0.25, 0.3) is 5.69 Å². The van der Waals surface area contributed by atoms with E-state index in [0.29, 0.717) is 18.7 Å². The number of nitro groups is 1. The van der Waals surface area contributed by atoms with Gasteiger partial charge in [-0.15, -0.1) is 24.8 Å². The molecule has 0 saturated carbocycles. The fourth-order valence-electron chi connectivity index (χ4n) is 2.89. The van der Waals surface area contributed by atoms with Gasteiger partial charge in [0, 0.05) is 63.2 Å². The first-order chi connectivity index (χ1) is 12.6. The molecule has 1 N–H and O–H groups in total. The highest BCUT2D eigenvalue weighted by molar-refractivity contribution is 5.90. The van der Waals surface area contributed by atoms with E-state index in [4.69, 9.17) is 0 Å². The number of non-ortho nitro benzene ring substituents is 1. The number of aromatic nitrogens is 1. The summed E-state index contributed by atoms with van der Waals surface area (Å²) in [7, 11) is 0. The molecule has 2 aromatic rings. The van der Waals surface area contributed by atoms with Gasteiger partial charge in [-0.3, -0.25) is 19.8 Å². The largest absolute Gasteiger partial charge is 0.354 e. The molecule has 1 saturated heterocycles. The molecule has 3 rings (SSSR count). The van der Waals surface area contributed by atoms with E-state index in [2.05, 4.69) is 20.1 Å². The van der Waals surface area contributed by atoms with Crippen molar-refractivity contribution in [1.29, 1.82) is 0 Å². The Kier molecular flexibility index (Phi) is 9.64. The minimum absolute atomic E-state index is 0. The number of hydrogen-bond donors (Lipinski definition) is 1. The van der Waals surface area contributed by atoms with E-state index in [0.717, 1.165) is 32.0 Å². The Labute approximate surface area is 175 Å². The van der Waals surface area contributed by atoms with Crippen molar-refractivity contribution in [3.8, 4) is 0 Å². The number of amides is 1. The number of nitro benzene ring substituents is 1. The summed E-state index contributed by atoms with van der Waals surface area (Å²) in [5, 5.41) is 13.4. The van der Waals surface area contributed by atoms with Gasteiger partial charge >= 0.3 is 0 Å². The van der Waals surface area contributed by atoms with E-state index >= 15 is 0 Å². The number of benzene rings is 1. The molecular formula is C18H23Cl2N5O3. The normalized spacial score (nSPS) is 13.8.